The monoisotopic (exact) mass is 701 g/mol. The highest BCUT2D eigenvalue weighted by molar-refractivity contribution is 6.05. The number of fused-ring (bicyclic) bond motifs is 3. The smallest absolute Gasteiger partial charge is 0.165 e. The maximum atomic E-state index is 5.40. The van der Waals surface area contributed by atoms with Gasteiger partial charge in [0.05, 0.1) is 0 Å². The first kappa shape index (κ1) is 32.4. The van der Waals surface area contributed by atoms with Gasteiger partial charge in [0.25, 0.3) is 0 Å². The SMILES string of the molecule is C1=Cc2ccc(-c3ccccc3)c(-c3nc(-c4ccc(-c5ccccc5)cc4)nc(-c4ccc(-c5ccc6ccccc6c5)c5ccccc45)n3)c2C=CC1. The molecule has 1 aromatic heterocycles. The van der Waals surface area contributed by atoms with Gasteiger partial charge in [-0.15, -0.1) is 0 Å². The van der Waals surface area contributed by atoms with E-state index in [1.165, 1.54) is 27.5 Å². The fourth-order valence-electron chi connectivity index (χ4n) is 7.80. The highest BCUT2D eigenvalue weighted by Gasteiger charge is 2.21. The second-order valence-corrected chi connectivity index (χ2v) is 13.9. The van der Waals surface area contributed by atoms with E-state index in [1.807, 2.05) is 6.07 Å². The summed E-state index contributed by atoms with van der Waals surface area (Å²) in [5.74, 6) is 1.91. The van der Waals surface area contributed by atoms with Crippen molar-refractivity contribution in [1.29, 1.82) is 0 Å². The lowest BCUT2D eigenvalue weighted by Crippen LogP contribution is -2.03. The van der Waals surface area contributed by atoms with Crippen molar-refractivity contribution in [3.63, 3.8) is 0 Å². The minimum absolute atomic E-state index is 0.632. The predicted molar refractivity (Wildman–Crippen MR) is 230 cm³/mol. The van der Waals surface area contributed by atoms with Crippen LogP contribution in [0.25, 0.3) is 101 Å². The molecule has 0 radical (unpaired) electrons. The van der Waals surface area contributed by atoms with Crippen molar-refractivity contribution in [2.45, 2.75) is 6.42 Å². The van der Waals surface area contributed by atoms with Gasteiger partial charge >= 0.3 is 0 Å². The average molecular weight is 702 g/mol. The van der Waals surface area contributed by atoms with Gasteiger partial charge in [-0.05, 0) is 84.6 Å². The molecule has 55 heavy (non-hydrogen) atoms. The van der Waals surface area contributed by atoms with Crippen LogP contribution in [-0.2, 0) is 0 Å². The zero-order valence-electron chi connectivity index (χ0n) is 30.1. The zero-order valence-corrected chi connectivity index (χ0v) is 30.1. The van der Waals surface area contributed by atoms with Crippen LogP contribution in [0.15, 0.2) is 188 Å². The molecule has 0 spiro atoms. The standard InChI is InChI=1S/C52H35N3/c1-4-14-35(15-5-1)37-24-27-40(28-25-37)50-53-51(48-33-32-43(46-22-12-13-23-47(46)48)42-29-26-36-16-10-11-20-41(36)34-42)55-52(54-50)49-44-21-9-3-8-19-39(44)30-31-45(49)38-17-6-2-7-18-38/h1-2,4-34H,3H2. The molecule has 3 heteroatoms. The second kappa shape index (κ2) is 14.0. The summed E-state index contributed by atoms with van der Waals surface area (Å²) in [5.41, 5.74) is 12.0. The van der Waals surface area contributed by atoms with E-state index < -0.39 is 0 Å². The summed E-state index contributed by atoms with van der Waals surface area (Å²) < 4.78 is 0. The van der Waals surface area contributed by atoms with Crippen LogP contribution >= 0.6 is 0 Å². The molecule has 1 aliphatic carbocycles. The maximum Gasteiger partial charge on any atom is 0.165 e. The van der Waals surface area contributed by atoms with Crippen molar-refractivity contribution in [3.8, 4) is 67.5 Å². The van der Waals surface area contributed by atoms with Gasteiger partial charge in [-0.3, -0.25) is 0 Å². The average Bonchev–Trinajstić information content (AvgIpc) is 3.52. The van der Waals surface area contributed by atoms with E-state index in [0.717, 1.165) is 61.7 Å². The van der Waals surface area contributed by atoms with Crippen LogP contribution in [-0.4, -0.2) is 15.0 Å². The third-order valence-electron chi connectivity index (χ3n) is 10.6. The van der Waals surface area contributed by atoms with Crippen LogP contribution in [0, 0.1) is 0 Å². The minimum Gasteiger partial charge on any atom is -0.208 e. The van der Waals surface area contributed by atoms with Crippen molar-refractivity contribution in [2.24, 2.45) is 0 Å². The molecule has 0 saturated carbocycles. The molecular weight excluding hydrogens is 667 g/mol. The van der Waals surface area contributed by atoms with Crippen LogP contribution in [0.3, 0.4) is 0 Å². The van der Waals surface area contributed by atoms with E-state index in [0.29, 0.717) is 17.5 Å². The molecule has 258 valence electrons. The van der Waals surface area contributed by atoms with Gasteiger partial charge in [-0.25, -0.2) is 15.0 Å². The Morgan fingerprint density at radius 3 is 1.71 bits per heavy atom. The van der Waals surface area contributed by atoms with E-state index >= 15 is 0 Å². The Hall–Kier alpha value is -7.23. The lowest BCUT2D eigenvalue weighted by Gasteiger charge is -2.17. The quantitative estimate of drug-likeness (QED) is 0.173. The molecule has 1 heterocycles. The molecule has 0 bridgehead atoms. The topological polar surface area (TPSA) is 38.7 Å². The summed E-state index contributed by atoms with van der Waals surface area (Å²) in [6.07, 6.45) is 9.72. The molecule has 3 nitrogen and oxygen atoms in total. The Morgan fingerprint density at radius 2 is 0.909 bits per heavy atom. The number of hydrogen-bond acceptors (Lipinski definition) is 3. The molecule has 0 N–H and O–H groups in total. The fourth-order valence-corrected chi connectivity index (χ4v) is 7.80. The summed E-state index contributed by atoms with van der Waals surface area (Å²) >= 11 is 0. The molecule has 9 aromatic rings. The Kier molecular flexibility index (Phi) is 8.23. The van der Waals surface area contributed by atoms with E-state index in [-0.39, 0.29) is 0 Å². The Labute approximate surface area is 320 Å². The van der Waals surface area contributed by atoms with Crippen LogP contribution in [0.1, 0.15) is 17.5 Å². The summed E-state index contributed by atoms with van der Waals surface area (Å²) in [5, 5.41) is 4.69. The first-order chi connectivity index (χ1) is 27.3. The number of aromatic nitrogens is 3. The van der Waals surface area contributed by atoms with Crippen LogP contribution in [0.5, 0.6) is 0 Å². The number of benzene rings is 8. The summed E-state index contributed by atoms with van der Waals surface area (Å²) in [6.45, 7) is 0. The van der Waals surface area contributed by atoms with Crippen molar-refractivity contribution < 1.29 is 0 Å². The Bertz CT molecular complexity index is 2930. The van der Waals surface area contributed by atoms with Crippen molar-refractivity contribution in [3.05, 3.63) is 199 Å². The number of allylic oxidation sites excluding steroid dienone is 2. The zero-order chi connectivity index (χ0) is 36.6. The first-order valence-electron chi connectivity index (χ1n) is 18.8. The second-order valence-electron chi connectivity index (χ2n) is 13.9. The van der Waals surface area contributed by atoms with Gasteiger partial charge in [-0.1, -0.05) is 188 Å². The van der Waals surface area contributed by atoms with Crippen molar-refractivity contribution in [2.75, 3.05) is 0 Å². The molecule has 0 amide bonds. The van der Waals surface area contributed by atoms with Gasteiger partial charge in [0, 0.05) is 16.7 Å². The Morgan fingerprint density at radius 1 is 0.345 bits per heavy atom. The predicted octanol–water partition coefficient (Wildman–Crippen LogP) is 13.6. The molecule has 0 fully saturated rings. The van der Waals surface area contributed by atoms with E-state index in [2.05, 4.69) is 194 Å². The number of rotatable bonds is 6. The molecule has 8 aromatic carbocycles. The highest BCUT2D eigenvalue weighted by Crippen LogP contribution is 2.41. The highest BCUT2D eigenvalue weighted by atomic mass is 15.0. The molecule has 10 rings (SSSR count). The summed E-state index contributed by atoms with van der Waals surface area (Å²) in [4.78, 5) is 16.0. The van der Waals surface area contributed by atoms with Gasteiger partial charge in [0.2, 0.25) is 0 Å². The van der Waals surface area contributed by atoms with E-state index in [1.54, 1.807) is 0 Å². The van der Waals surface area contributed by atoms with Crippen molar-refractivity contribution >= 4 is 33.7 Å². The van der Waals surface area contributed by atoms with Crippen molar-refractivity contribution in [1.82, 2.24) is 15.0 Å². The lowest BCUT2D eigenvalue weighted by molar-refractivity contribution is 1.08. The third kappa shape index (κ3) is 6.12. The fraction of sp³-hybridized carbons (Fsp3) is 0.0192. The minimum atomic E-state index is 0.632. The molecule has 0 aliphatic heterocycles. The number of hydrogen-bond donors (Lipinski definition) is 0. The summed E-state index contributed by atoms with van der Waals surface area (Å²) in [7, 11) is 0. The van der Waals surface area contributed by atoms with Gasteiger partial charge in [0.1, 0.15) is 0 Å². The van der Waals surface area contributed by atoms with E-state index in [9.17, 15) is 0 Å². The van der Waals surface area contributed by atoms with E-state index in [4.69, 9.17) is 15.0 Å². The summed E-state index contributed by atoms with van der Waals surface area (Å²) in [6, 6.07) is 62.2. The Balaban J connectivity index is 1.21. The maximum absolute atomic E-state index is 5.40. The van der Waals surface area contributed by atoms with Gasteiger partial charge < -0.3 is 0 Å². The normalized spacial score (nSPS) is 12.1. The molecule has 0 atom stereocenters. The molecular formula is C52H35N3. The van der Waals surface area contributed by atoms with Gasteiger partial charge in [-0.2, -0.15) is 0 Å². The molecule has 1 aliphatic rings. The van der Waals surface area contributed by atoms with Crippen LogP contribution in [0.4, 0.5) is 0 Å². The van der Waals surface area contributed by atoms with Gasteiger partial charge in [0.15, 0.2) is 17.5 Å². The molecule has 0 unspecified atom stereocenters. The largest absolute Gasteiger partial charge is 0.208 e. The lowest BCUT2D eigenvalue weighted by atomic mass is 9.91. The number of nitrogens with zero attached hydrogens (tertiary/aromatic N) is 3. The third-order valence-corrected chi connectivity index (χ3v) is 10.6. The van der Waals surface area contributed by atoms with Crippen LogP contribution in [0.2, 0.25) is 0 Å². The van der Waals surface area contributed by atoms with Crippen LogP contribution < -0.4 is 0 Å². The first-order valence-corrected chi connectivity index (χ1v) is 18.8. The molecule has 0 saturated heterocycles.